The van der Waals surface area contributed by atoms with Crippen LogP contribution in [-0.2, 0) is 0 Å². The van der Waals surface area contributed by atoms with E-state index in [0.717, 1.165) is 0 Å². The van der Waals surface area contributed by atoms with E-state index in [1.165, 1.54) is 0 Å². The Morgan fingerprint density at radius 1 is 0.667 bits per heavy atom. The highest BCUT2D eigenvalue weighted by Gasteiger charge is 2.12. The molecule has 0 N–H and O–H groups in total. The Bertz CT molecular complexity index is 547. The Kier molecular flexibility index (Phi) is 3.25. The average Bonchev–Trinajstić information content (AvgIpc) is 2.18. The van der Waals surface area contributed by atoms with Gasteiger partial charge in [0.2, 0.25) is 0 Å². The van der Waals surface area contributed by atoms with E-state index >= 15 is 0 Å². The second-order valence-corrected chi connectivity index (χ2v) is 4.92. The predicted molar refractivity (Wildman–Crippen MR) is 69.0 cm³/mol. The molecule has 0 radical (unpaired) electrons. The van der Waals surface area contributed by atoms with Gasteiger partial charge >= 0.3 is 0 Å². The van der Waals surface area contributed by atoms with Gasteiger partial charge in [0.1, 0.15) is 0 Å². The first-order valence-electron chi connectivity index (χ1n) is 3.93. The fourth-order valence-electron chi connectivity index (χ4n) is 1.34. The van der Waals surface area contributed by atoms with Gasteiger partial charge in [-0.1, -0.05) is 64.1 Å². The van der Waals surface area contributed by atoms with Gasteiger partial charge in [-0.3, -0.25) is 0 Å². The summed E-state index contributed by atoms with van der Waals surface area (Å²) < 4.78 is 0. The zero-order valence-corrected chi connectivity index (χ0v) is 10.9. The highest BCUT2D eigenvalue weighted by atomic mass is 35.5. The molecule has 0 heterocycles. The van der Waals surface area contributed by atoms with Crippen LogP contribution >= 0.6 is 58.0 Å². The summed E-state index contributed by atoms with van der Waals surface area (Å²) in [5, 5.41) is 3.40. The molecule has 15 heavy (non-hydrogen) atoms. The van der Waals surface area contributed by atoms with Gasteiger partial charge in [-0.15, -0.1) is 0 Å². The average molecular weight is 300 g/mol. The van der Waals surface area contributed by atoms with Crippen LogP contribution in [0.2, 0.25) is 25.1 Å². The normalized spacial score (nSPS) is 11.0. The SMILES string of the molecule is Clc1cc(Cl)c2c(Cl)c(Cl)ccc2c1Cl. The third-order valence-corrected chi connectivity index (χ3v) is 3.94. The van der Waals surface area contributed by atoms with E-state index in [-0.39, 0.29) is 0 Å². The van der Waals surface area contributed by atoms with Gasteiger partial charge in [0.15, 0.2) is 0 Å². The lowest BCUT2D eigenvalue weighted by atomic mass is 10.1. The van der Waals surface area contributed by atoms with Crippen molar-refractivity contribution in [3.05, 3.63) is 43.3 Å². The van der Waals surface area contributed by atoms with Crippen LogP contribution in [0.1, 0.15) is 0 Å². The summed E-state index contributed by atoms with van der Waals surface area (Å²) in [7, 11) is 0. The number of hydrogen-bond acceptors (Lipinski definition) is 0. The molecule has 2 rings (SSSR count). The Hall–Kier alpha value is 0.150. The first kappa shape index (κ1) is 11.6. The summed E-state index contributed by atoms with van der Waals surface area (Å²) in [4.78, 5) is 0. The van der Waals surface area contributed by atoms with Crippen molar-refractivity contribution in [2.75, 3.05) is 0 Å². The molecule has 0 fully saturated rings. The van der Waals surface area contributed by atoms with E-state index in [4.69, 9.17) is 58.0 Å². The summed E-state index contributed by atoms with van der Waals surface area (Å²) in [6.45, 7) is 0. The zero-order valence-electron chi connectivity index (χ0n) is 7.12. The van der Waals surface area contributed by atoms with Crippen molar-refractivity contribution >= 4 is 68.8 Å². The summed E-state index contributed by atoms with van der Waals surface area (Å²) in [5.74, 6) is 0. The van der Waals surface area contributed by atoms with E-state index in [9.17, 15) is 0 Å². The van der Waals surface area contributed by atoms with E-state index in [1.54, 1.807) is 18.2 Å². The van der Waals surface area contributed by atoms with Crippen molar-refractivity contribution in [1.82, 2.24) is 0 Å². The van der Waals surface area contributed by atoms with Crippen molar-refractivity contribution in [2.45, 2.75) is 0 Å². The molecule has 5 heteroatoms. The van der Waals surface area contributed by atoms with E-state index in [2.05, 4.69) is 0 Å². The van der Waals surface area contributed by atoms with Crippen LogP contribution in [-0.4, -0.2) is 0 Å². The quantitative estimate of drug-likeness (QED) is 0.515. The molecule has 0 atom stereocenters. The third kappa shape index (κ3) is 1.90. The van der Waals surface area contributed by atoms with Crippen LogP contribution in [0.4, 0.5) is 0 Å². The highest BCUT2D eigenvalue weighted by Crippen LogP contribution is 2.41. The van der Waals surface area contributed by atoms with Gasteiger partial charge in [0.05, 0.1) is 25.1 Å². The van der Waals surface area contributed by atoms with Gasteiger partial charge in [0.25, 0.3) is 0 Å². The molecule has 0 saturated carbocycles. The first-order valence-corrected chi connectivity index (χ1v) is 5.82. The number of halogens is 5. The van der Waals surface area contributed by atoms with Gasteiger partial charge < -0.3 is 0 Å². The van der Waals surface area contributed by atoms with Crippen molar-refractivity contribution in [1.29, 1.82) is 0 Å². The number of benzene rings is 2. The van der Waals surface area contributed by atoms with Crippen molar-refractivity contribution in [3.8, 4) is 0 Å². The topological polar surface area (TPSA) is 0 Å². The van der Waals surface area contributed by atoms with Crippen LogP contribution < -0.4 is 0 Å². The summed E-state index contributed by atoms with van der Waals surface area (Å²) in [5.41, 5.74) is 0. The molecule has 0 bridgehead atoms. The Labute approximate surface area is 112 Å². The maximum atomic E-state index is 6.04. The summed E-state index contributed by atoms with van der Waals surface area (Å²) in [6, 6.07) is 4.95. The highest BCUT2D eigenvalue weighted by molar-refractivity contribution is 6.52. The molecule has 0 unspecified atom stereocenters. The van der Waals surface area contributed by atoms with Gasteiger partial charge in [-0.25, -0.2) is 0 Å². The molecule has 0 aliphatic heterocycles. The molecular formula is C10H3Cl5. The number of fused-ring (bicyclic) bond motifs is 1. The third-order valence-electron chi connectivity index (χ3n) is 2.03. The molecule has 78 valence electrons. The molecular weight excluding hydrogens is 297 g/mol. The largest absolute Gasteiger partial charge is 0.0835 e. The van der Waals surface area contributed by atoms with Crippen molar-refractivity contribution in [2.24, 2.45) is 0 Å². The monoisotopic (exact) mass is 298 g/mol. The lowest BCUT2D eigenvalue weighted by Gasteiger charge is -2.08. The van der Waals surface area contributed by atoms with Crippen LogP contribution in [0, 0.1) is 0 Å². The second-order valence-electron chi connectivity index (χ2n) is 2.94. The molecule has 0 saturated heterocycles. The molecule has 0 nitrogen and oxygen atoms in total. The minimum atomic E-state index is 0.387. The molecule has 0 amide bonds. The maximum absolute atomic E-state index is 6.04. The number of rotatable bonds is 0. The summed E-state index contributed by atoms with van der Waals surface area (Å²) in [6.07, 6.45) is 0. The van der Waals surface area contributed by atoms with Gasteiger partial charge in [-0.2, -0.15) is 0 Å². The molecule has 2 aromatic carbocycles. The maximum Gasteiger partial charge on any atom is 0.0686 e. The molecule has 0 spiro atoms. The minimum Gasteiger partial charge on any atom is -0.0835 e. The van der Waals surface area contributed by atoms with Crippen LogP contribution in [0.5, 0.6) is 0 Å². The lowest BCUT2D eigenvalue weighted by Crippen LogP contribution is -1.81. The van der Waals surface area contributed by atoms with Crippen molar-refractivity contribution in [3.63, 3.8) is 0 Å². The van der Waals surface area contributed by atoms with E-state index in [1.807, 2.05) is 0 Å². The minimum absolute atomic E-state index is 0.387. The van der Waals surface area contributed by atoms with E-state index < -0.39 is 0 Å². The molecule has 0 aliphatic carbocycles. The Morgan fingerprint density at radius 3 is 2.00 bits per heavy atom. The smallest absolute Gasteiger partial charge is 0.0686 e. The molecule has 2 aromatic rings. The fourth-order valence-corrected chi connectivity index (χ4v) is 2.60. The summed E-state index contributed by atoms with van der Waals surface area (Å²) >= 11 is 29.9. The first-order chi connectivity index (χ1) is 7.02. The van der Waals surface area contributed by atoms with Gasteiger partial charge in [-0.05, 0) is 12.1 Å². The Balaban J connectivity index is 3.03. The molecule has 0 aromatic heterocycles. The predicted octanol–water partition coefficient (Wildman–Crippen LogP) is 6.11. The van der Waals surface area contributed by atoms with Crippen molar-refractivity contribution < 1.29 is 0 Å². The number of hydrogen-bond donors (Lipinski definition) is 0. The van der Waals surface area contributed by atoms with Gasteiger partial charge in [0, 0.05) is 10.8 Å². The standard InChI is InChI=1S/C10H3Cl5/c11-5-2-1-4-8(10(5)15)6(12)3-7(13)9(4)14/h1-3H. The fraction of sp³-hybridized carbons (Fsp3) is 0. The van der Waals surface area contributed by atoms with Crippen LogP contribution in [0.25, 0.3) is 10.8 Å². The van der Waals surface area contributed by atoms with Crippen LogP contribution in [0.15, 0.2) is 18.2 Å². The van der Waals surface area contributed by atoms with Crippen LogP contribution in [0.3, 0.4) is 0 Å². The lowest BCUT2D eigenvalue weighted by molar-refractivity contribution is 1.74. The zero-order chi connectivity index (χ0) is 11.2. The molecule has 0 aliphatic rings. The van der Waals surface area contributed by atoms with E-state index in [0.29, 0.717) is 35.9 Å². The second kappa shape index (κ2) is 4.20. The Morgan fingerprint density at radius 2 is 1.33 bits per heavy atom.